The van der Waals surface area contributed by atoms with Crippen molar-refractivity contribution in [2.24, 2.45) is 0 Å². The van der Waals surface area contributed by atoms with Crippen molar-refractivity contribution < 1.29 is 13.2 Å². The van der Waals surface area contributed by atoms with Gasteiger partial charge in [0.05, 0.1) is 22.3 Å². The van der Waals surface area contributed by atoms with Crippen molar-refractivity contribution in [2.45, 2.75) is 23.8 Å². The number of benzene rings is 1. The molecule has 0 atom stereocenters. The van der Waals surface area contributed by atoms with E-state index in [1.54, 1.807) is 18.2 Å². The summed E-state index contributed by atoms with van der Waals surface area (Å²) in [4.78, 5) is 2.32. The van der Waals surface area contributed by atoms with Crippen LogP contribution in [0.1, 0.15) is 18.4 Å². The predicted octanol–water partition coefficient (Wildman–Crippen LogP) is 1.44. The molecule has 0 radical (unpaired) electrons. The van der Waals surface area contributed by atoms with E-state index in [1.807, 2.05) is 13.1 Å². The van der Waals surface area contributed by atoms with Gasteiger partial charge in [-0.15, -0.1) is 0 Å². The molecule has 0 bridgehead atoms. The van der Waals surface area contributed by atoms with Crippen LogP contribution in [0, 0.1) is 11.3 Å². The van der Waals surface area contributed by atoms with E-state index in [0.29, 0.717) is 18.2 Å². The van der Waals surface area contributed by atoms with Crippen LogP contribution in [0.2, 0.25) is 0 Å². The van der Waals surface area contributed by atoms with Gasteiger partial charge in [0, 0.05) is 25.8 Å². The lowest BCUT2D eigenvalue weighted by molar-refractivity contribution is 0.0449. The SMILES string of the molecule is CN(CCS(=O)(=O)c1cccc(C#N)c1)C1CCOCC1. The van der Waals surface area contributed by atoms with Crippen molar-refractivity contribution in [3.05, 3.63) is 29.8 Å². The summed E-state index contributed by atoms with van der Waals surface area (Å²) in [6, 6.07) is 8.55. The van der Waals surface area contributed by atoms with Crippen molar-refractivity contribution >= 4 is 9.84 Å². The van der Waals surface area contributed by atoms with E-state index in [9.17, 15) is 8.42 Å². The zero-order valence-electron chi connectivity index (χ0n) is 12.2. The summed E-state index contributed by atoms with van der Waals surface area (Å²) in [6.07, 6.45) is 1.89. The van der Waals surface area contributed by atoms with Gasteiger partial charge in [-0.3, -0.25) is 0 Å². The highest BCUT2D eigenvalue weighted by Crippen LogP contribution is 2.16. The number of sulfone groups is 1. The van der Waals surface area contributed by atoms with Crippen molar-refractivity contribution in [3.63, 3.8) is 0 Å². The molecule has 0 aliphatic carbocycles. The lowest BCUT2D eigenvalue weighted by Gasteiger charge is -2.31. The molecular formula is C15H20N2O3S. The molecule has 0 N–H and O–H groups in total. The van der Waals surface area contributed by atoms with Crippen LogP contribution in [0.25, 0.3) is 0 Å². The van der Waals surface area contributed by atoms with E-state index in [-0.39, 0.29) is 10.6 Å². The van der Waals surface area contributed by atoms with Gasteiger partial charge in [-0.05, 0) is 38.1 Å². The first-order valence-corrected chi connectivity index (χ1v) is 8.69. The Morgan fingerprint density at radius 3 is 2.76 bits per heavy atom. The normalized spacial score (nSPS) is 16.8. The average molecular weight is 308 g/mol. The molecule has 1 aliphatic rings. The van der Waals surface area contributed by atoms with Crippen LogP contribution in [0.3, 0.4) is 0 Å². The highest BCUT2D eigenvalue weighted by Gasteiger charge is 2.21. The number of rotatable bonds is 5. The summed E-state index contributed by atoms with van der Waals surface area (Å²) in [5.41, 5.74) is 0.369. The largest absolute Gasteiger partial charge is 0.381 e. The van der Waals surface area contributed by atoms with Gasteiger partial charge in [0.15, 0.2) is 9.84 Å². The molecule has 1 aliphatic heterocycles. The van der Waals surface area contributed by atoms with E-state index in [1.165, 1.54) is 6.07 Å². The lowest BCUT2D eigenvalue weighted by atomic mass is 10.1. The standard InChI is InChI=1S/C15H20N2O3S/c1-17(14-5-8-20-9-6-14)7-10-21(18,19)15-4-2-3-13(11-15)12-16/h2-4,11,14H,5-10H2,1H3. The van der Waals surface area contributed by atoms with Gasteiger partial charge in [-0.25, -0.2) is 8.42 Å². The first-order valence-electron chi connectivity index (χ1n) is 7.04. The molecule has 0 amide bonds. The molecule has 21 heavy (non-hydrogen) atoms. The molecule has 1 heterocycles. The summed E-state index contributed by atoms with van der Waals surface area (Å²) < 4.78 is 30.0. The molecule has 0 saturated carbocycles. The van der Waals surface area contributed by atoms with Gasteiger partial charge < -0.3 is 9.64 Å². The minimum Gasteiger partial charge on any atom is -0.381 e. The van der Waals surface area contributed by atoms with Gasteiger partial charge in [0.2, 0.25) is 0 Å². The Bertz CT molecular complexity index is 616. The first kappa shape index (κ1) is 16.0. The molecule has 1 aromatic carbocycles. The highest BCUT2D eigenvalue weighted by atomic mass is 32.2. The number of hydrogen-bond donors (Lipinski definition) is 0. The Balaban J connectivity index is 1.99. The van der Waals surface area contributed by atoms with E-state index >= 15 is 0 Å². The molecule has 5 nitrogen and oxygen atoms in total. The van der Waals surface area contributed by atoms with Crippen molar-refractivity contribution in [1.29, 1.82) is 5.26 Å². The third-order valence-electron chi connectivity index (χ3n) is 3.85. The number of nitriles is 1. The molecular weight excluding hydrogens is 288 g/mol. The maximum Gasteiger partial charge on any atom is 0.179 e. The third kappa shape index (κ3) is 4.27. The smallest absolute Gasteiger partial charge is 0.179 e. The zero-order valence-corrected chi connectivity index (χ0v) is 13.0. The van der Waals surface area contributed by atoms with Crippen LogP contribution in [-0.2, 0) is 14.6 Å². The van der Waals surface area contributed by atoms with Gasteiger partial charge in [-0.1, -0.05) is 6.07 Å². The second-order valence-electron chi connectivity index (χ2n) is 5.28. The van der Waals surface area contributed by atoms with E-state index in [0.717, 1.165) is 26.1 Å². The van der Waals surface area contributed by atoms with Gasteiger partial charge in [0.25, 0.3) is 0 Å². The first-order chi connectivity index (χ1) is 10.0. The molecule has 0 aromatic heterocycles. The van der Waals surface area contributed by atoms with Crippen molar-refractivity contribution in [1.82, 2.24) is 4.90 Å². The molecule has 6 heteroatoms. The van der Waals surface area contributed by atoms with Crippen LogP contribution in [0.4, 0.5) is 0 Å². The maximum atomic E-state index is 12.3. The maximum absolute atomic E-state index is 12.3. The van der Waals surface area contributed by atoms with Crippen LogP contribution in [0.15, 0.2) is 29.2 Å². The predicted molar refractivity (Wildman–Crippen MR) is 79.7 cm³/mol. The Kier molecular flexibility index (Phi) is 5.34. The van der Waals surface area contributed by atoms with E-state index in [2.05, 4.69) is 4.90 Å². The number of hydrogen-bond acceptors (Lipinski definition) is 5. The Hall–Kier alpha value is -1.42. The molecule has 114 valence electrons. The molecule has 1 fully saturated rings. The Morgan fingerprint density at radius 2 is 2.10 bits per heavy atom. The second-order valence-corrected chi connectivity index (χ2v) is 7.39. The zero-order chi connectivity index (χ0) is 15.3. The fraction of sp³-hybridized carbons (Fsp3) is 0.533. The highest BCUT2D eigenvalue weighted by molar-refractivity contribution is 7.91. The van der Waals surface area contributed by atoms with Crippen LogP contribution >= 0.6 is 0 Å². The van der Waals surface area contributed by atoms with Crippen molar-refractivity contribution in [3.8, 4) is 6.07 Å². The number of nitrogens with zero attached hydrogens (tertiary/aromatic N) is 2. The van der Waals surface area contributed by atoms with Crippen molar-refractivity contribution in [2.75, 3.05) is 32.6 Å². The summed E-state index contributed by atoms with van der Waals surface area (Å²) in [5, 5.41) is 8.85. The monoisotopic (exact) mass is 308 g/mol. The Morgan fingerprint density at radius 1 is 1.38 bits per heavy atom. The fourth-order valence-corrected chi connectivity index (χ4v) is 3.81. The molecule has 0 spiro atoms. The summed E-state index contributed by atoms with van der Waals surface area (Å²) in [6.45, 7) is 1.97. The average Bonchev–Trinajstić information content (AvgIpc) is 2.53. The van der Waals surface area contributed by atoms with Gasteiger partial charge >= 0.3 is 0 Å². The summed E-state index contributed by atoms with van der Waals surface area (Å²) in [5.74, 6) is 0.0652. The van der Waals surface area contributed by atoms with E-state index < -0.39 is 9.84 Å². The molecule has 2 rings (SSSR count). The molecule has 1 aromatic rings. The Labute approximate surface area is 126 Å². The minimum absolute atomic E-state index is 0.0652. The lowest BCUT2D eigenvalue weighted by Crippen LogP contribution is -2.39. The summed E-state index contributed by atoms with van der Waals surface area (Å²) >= 11 is 0. The molecule has 0 unspecified atom stereocenters. The summed E-state index contributed by atoms with van der Waals surface area (Å²) in [7, 11) is -1.40. The van der Waals surface area contributed by atoms with Crippen LogP contribution < -0.4 is 0 Å². The van der Waals surface area contributed by atoms with Gasteiger partial charge in [0.1, 0.15) is 0 Å². The minimum atomic E-state index is -3.35. The van der Waals surface area contributed by atoms with Crippen LogP contribution in [-0.4, -0.2) is 51.9 Å². The quantitative estimate of drug-likeness (QED) is 0.823. The van der Waals surface area contributed by atoms with E-state index in [4.69, 9.17) is 10.00 Å². The van der Waals surface area contributed by atoms with Gasteiger partial charge in [-0.2, -0.15) is 5.26 Å². The number of ether oxygens (including phenoxy) is 1. The third-order valence-corrected chi connectivity index (χ3v) is 5.54. The fourth-order valence-electron chi connectivity index (χ4n) is 2.45. The molecule has 1 saturated heterocycles. The van der Waals surface area contributed by atoms with Crippen LogP contribution in [0.5, 0.6) is 0 Å². The second kappa shape index (κ2) is 7.03. The topological polar surface area (TPSA) is 70.4 Å².